The molecule has 0 aliphatic carbocycles. The van der Waals surface area contributed by atoms with E-state index in [2.05, 4.69) is 141 Å². The maximum absolute atomic E-state index is 13.6. The number of carbonyl (C=O) groups excluding carboxylic acids is 1. The van der Waals surface area contributed by atoms with Crippen molar-refractivity contribution in [3.8, 4) is 0 Å². The first-order valence-corrected chi connectivity index (χ1v) is 45.8. The maximum atomic E-state index is 13.6. The van der Waals surface area contributed by atoms with Gasteiger partial charge in [-0.1, -0.05) is 367 Å². The third-order valence-corrected chi connectivity index (χ3v) is 22.1. The van der Waals surface area contributed by atoms with Gasteiger partial charge >= 0.3 is 0 Å². The first kappa shape index (κ1) is 104. The fourth-order valence-electron chi connectivity index (χ4n) is 14.8. The second-order valence-electron chi connectivity index (χ2n) is 32.0. The Morgan fingerprint density at radius 3 is 0.947 bits per heavy atom. The Kier molecular flexibility index (Phi) is 67.0. The number of hydrogen-bond acceptors (Lipinski definition) is 18. The molecule has 0 spiro atoms. The number of amides is 1. The molecule has 0 saturated carbocycles. The molecule has 1 amide bonds. The molecule has 114 heavy (non-hydrogen) atoms. The molecule has 3 saturated heterocycles. The second kappa shape index (κ2) is 73.1. The van der Waals surface area contributed by atoms with E-state index in [4.69, 9.17) is 28.4 Å². The van der Waals surface area contributed by atoms with E-state index in [9.17, 15) is 61.0 Å². The van der Waals surface area contributed by atoms with Crippen molar-refractivity contribution in [2.45, 2.75) is 446 Å². The van der Waals surface area contributed by atoms with Gasteiger partial charge in [0.25, 0.3) is 0 Å². The molecule has 3 aliphatic rings. The van der Waals surface area contributed by atoms with Crippen molar-refractivity contribution in [2.75, 3.05) is 26.4 Å². The van der Waals surface area contributed by atoms with Gasteiger partial charge in [-0.15, -0.1) is 0 Å². The maximum Gasteiger partial charge on any atom is 0.220 e. The first-order chi connectivity index (χ1) is 55.8. The summed E-state index contributed by atoms with van der Waals surface area (Å²) in [4.78, 5) is 13.6. The van der Waals surface area contributed by atoms with Crippen LogP contribution in [0.2, 0.25) is 0 Å². The van der Waals surface area contributed by atoms with Crippen LogP contribution in [0.15, 0.2) is 122 Å². The minimum absolute atomic E-state index is 0.250. The molecule has 0 radical (unpaired) electrons. The highest BCUT2D eigenvalue weighted by molar-refractivity contribution is 5.76. The Balaban J connectivity index is 1.33. The molecule has 3 fully saturated rings. The highest BCUT2D eigenvalue weighted by Crippen LogP contribution is 2.34. The Hall–Kier alpha value is -3.81. The van der Waals surface area contributed by atoms with E-state index in [1.807, 2.05) is 0 Å². The van der Waals surface area contributed by atoms with Gasteiger partial charge in [-0.25, -0.2) is 0 Å². The SMILES string of the molecule is CC/C=C\C/C=C\C/C=C\C/C=C\C/C=C\C/C=C\C/C=C\C/C=C\C/C=C\C/C=C\CCCCCCCCCCC(=O)NC(COC1OC(CO)C(OC2OC(CO)C(OC3OC(CO)C(O)C(O)C3O)C(O)C2O)C(O)C1O)C(O)CCCCCCCCCCCCCCCCCCCCCCCCCCCCCCCC. The van der Waals surface area contributed by atoms with E-state index in [1.165, 1.54) is 180 Å². The van der Waals surface area contributed by atoms with Crippen molar-refractivity contribution in [3.63, 3.8) is 0 Å². The number of aliphatic hydroxyl groups is 11. The van der Waals surface area contributed by atoms with Crippen LogP contribution in [0.25, 0.3) is 0 Å². The molecule has 658 valence electrons. The first-order valence-electron chi connectivity index (χ1n) is 45.8. The number of ether oxygens (including phenoxy) is 6. The van der Waals surface area contributed by atoms with Gasteiger partial charge in [0, 0.05) is 6.42 Å². The zero-order valence-electron chi connectivity index (χ0n) is 71.0. The Labute approximate surface area is 690 Å². The summed E-state index contributed by atoms with van der Waals surface area (Å²) in [6.07, 6.45) is 77.2. The molecule has 17 atom stereocenters. The largest absolute Gasteiger partial charge is 0.394 e. The van der Waals surface area contributed by atoms with Crippen LogP contribution >= 0.6 is 0 Å². The van der Waals surface area contributed by atoms with Crippen LogP contribution in [-0.2, 0) is 33.2 Å². The van der Waals surface area contributed by atoms with Crippen molar-refractivity contribution in [1.29, 1.82) is 0 Å². The quantitative estimate of drug-likeness (QED) is 0.0199. The summed E-state index contributed by atoms with van der Waals surface area (Å²) in [5.74, 6) is -0.252. The molecule has 0 aromatic carbocycles. The van der Waals surface area contributed by atoms with Gasteiger partial charge in [-0.05, 0) is 89.9 Å². The van der Waals surface area contributed by atoms with Crippen LogP contribution in [0.3, 0.4) is 0 Å². The third kappa shape index (κ3) is 51.0. The van der Waals surface area contributed by atoms with Gasteiger partial charge in [0.1, 0.15) is 73.2 Å². The Morgan fingerprint density at radius 2 is 0.605 bits per heavy atom. The van der Waals surface area contributed by atoms with E-state index < -0.39 is 124 Å². The molecule has 19 heteroatoms. The molecule has 0 bridgehead atoms. The van der Waals surface area contributed by atoms with Crippen LogP contribution in [0.4, 0.5) is 0 Å². The summed E-state index contributed by atoms with van der Waals surface area (Å²) in [6.45, 7) is 1.72. The lowest BCUT2D eigenvalue weighted by Crippen LogP contribution is -2.66. The summed E-state index contributed by atoms with van der Waals surface area (Å²) >= 11 is 0. The Morgan fingerprint density at radius 1 is 0.325 bits per heavy atom. The molecule has 3 heterocycles. The number of carbonyl (C=O) groups is 1. The molecule has 3 aliphatic heterocycles. The van der Waals surface area contributed by atoms with Crippen molar-refractivity contribution in [1.82, 2.24) is 5.32 Å². The zero-order chi connectivity index (χ0) is 82.4. The van der Waals surface area contributed by atoms with Crippen LogP contribution in [0.5, 0.6) is 0 Å². The molecule has 17 unspecified atom stereocenters. The lowest BCUT2D eigenvalue weighted by Gasteiger charge is -2.48. The highest BCUT2D eigenvalue weighted by atomic mass is 16.8. The fourth-order valence-corrected chi connectivity index (χ4v) is 14.8. The predicted molar refractivity (Wildman–Crippen MR) is 461 cm³/mol. The van der Waals surface area contributed by atoms with Crippen LogP contribution in [0.1, 0.15) is 341 Å². The number of allylic oxidation sites excluding steroid dienone is 20. The number of nitrogens with one attached hydrogen (secondary N) is 1. The van der Waals surface area contributed by atoms with Gasteiger partial charge in [0.15, 0.2) is 18.9 Å². The number of aliphatic hydroxyl groups excluding tert-OH is 11. The van der Waals surface area contributed by atoms with Gasteiger partial charge in [0.05, 0.1) is 38.6 Å². The van der Waals surface area contributed by atoms with Gasteiger partial charge < -0.3 is 89.9 Å². The molecule has 12 N–H and O–H groups in total. The lowest BCUT2D eigenvalue weighted by molar-refractivity contribution is -0.379. The minimum Gasteiger partial charge on any atom is -0.394 e. The van der Waals surface area contributed by atoms with Crippen molar-refractivity contribution in [2.24, 2.45) is 0 Å². The standard InChI is InChI=1S/C95H165NO18/c1-3-5-7-9-11-13-15-17-19-21-23-25-27-29-31-33-35-36-37-38-39-40-41-42-43-45-47-49-51-53-55-57-59-61-63-65-67-69-71-73-83(101)96-78(79(100)72-70-68-66-64-62-60-58-56-54-52-50-48-46-44-34-32-30-28-26-24-22-20-18-16-14-12-10-8-6-4-2)77-109-93-89(107)86(104)91(81(75-98)111-93)114-95-90(108)87(105)92(82(76-99)112-95)113-94-88(106)85(103)84(102)80(74-97)110-94/h5,7,11,13,17,19,23,25,29,31,35-36,38-39,41-42,45,47,51,53,78-82,84-95,97-100,102-108H,3-4,6,8-10,12,14-16,18,20-22,24,26-28,30,32-34,37,40,43-44,46,48-50,52,54-77H2,1-2H3,(H,96,101)/b7-5-,13-11-,19-17-,25-23-,31-29-,36-35-,39-38-,42-41-,47-45-,53-51-. The normalized spacial score (nSPS) is 25.3. The van der Waals surface area contributed by atoms with Crippen LogP contribution < -0.4 is 5.32 Å². The molecular formula is C95H165NO18. The van der Waals surface area contributed by atoms with E-state index >= 15 is 0 Å². The second-order valence-corrected chi connectivity index (χ2v) is 32.0. The minimum atomic E-state index is -1.98. The zero-order valence-corrected chi connectivity index (χ0v) is 71.0. The summed E-state index contributed by atoms with van der Waals surface area (Å²) in [7, 11) is 0. The average molecular weight is 1610 g/mol. The molecule has 3 rings (SSSR count). The molecule has 19 nitrogen and oxygen atoms in total. The van der Waals surface area contributed by atoms with Crippen molar-refractivity contribution in [3.05, 3.63) is 122 Å². The monoisotopic (exact) mass is 1610 g/mol. The molecular weight excluding hydrogens is 1440 g/mol. The van der Waals surface area contributed by atoms with E-state index in [0.29, 0.717) is 12.8 Å². The number of unbranched alkanes of at least 4 members (excludes halogenated alkanes) is 37. The topological polar surface area (TPSA) is 307 Å². The van der Waals surface area contributed by atoms with Gasteiger partial charge in [-0.3, -0.25) is 4.79 Å². The third-order valence-electron chi connectivity index (χ3n) is 22.1. The van der Waals surface area contributed by atoms with Gasteiger partial charge in [0.2, 0.25) is 5.91 Å². The summed E-state index contributed by atoms with van der Waals surface area (Å²) in [5, 5.41) is 121. The van der Waals surface area contributed by atoms with Crippen LogP contribution in [0, 0.1) is 0 Å². The summed E-state index contributed by atoms with van der Waals surface area (Å²) in [6, 6.07) is -0.903. The molecule has 0 aromatic rings. The summed E-state index contributed by atoms with van der Waals surface area (Å²) in [5.41, 5.74) is 0. The number of hydrogen-bond donors (Lipinski definition) is 12. The van der Waals surface area contributed by atoms with E-state index in [0.717, 1.165) is 128 Å². The van der Waals surface area contributed by atoms with E-state index in [1.54, 1.807) is 0 Å². The highest BCUT2D eigenvalue weighted by Gasteiger charge is 2.54. The smallest absolute Gasteiger partial charge is 0.220 e. The van der Waals surface area contributed by atoms with Gasteiger partial charge in [-0.2, -0.15) is 0 Å². The van der Waals surface area contributed by atoms with Crippen molar-refractivity contribution >= 4 is 5.91 Å². The molecule has 0 aromatic heterocycles. The lowest BCUT2D eigenvalue weighted by atomic mass is 9.96. The Bertz CT molecular complexity index is 2530. The number of rotatable bonds is 73. The average Bonchev–Trinajstić information content (AvgIpc) is 0.783. The van der Waals surface area contributed by atoms with Crippen LogP contribution in [-0.4, -0.2) is 193 Å². The summed E-state index contributed by atoms with van der Waals surface area (Å²) < 4.78 is 34.6. The predicted octanol–water partition coefficient (Wildman–Crippen LogP) is 17.8. The fraction of sp³-hybridized carbons (Fsp3) is 0.779. The van der Waals surface area contributed by atoms with E-state index in [-0.39, 0.29) is 18.9 Å². The van der Waals surface area contributed by atoms with Crippen molar-refractivity contribution < 1.29 is 89.4 Å².